The Labute approximate surface area is 322 Å². The fraction of sp³-hybridized carbons (Fsp3) is 0.0196. The van der Waals surface area contributed by atoms with Crippen molar-refractivity contribution in [2.24, 2.45) is 9.98 Å². The zero-order valence-corrected chi connectivity index (χ0v) is 30.3. The van der Waals surface area contributed by atoms with Crippen molar-refractivity contribution in [1.29, 1.82) is 0 Å². The number of para-hydroxylation sites is 3. The van der Waals surface area contributed by atoms with Crippen LogP contribution in [0.25, 0.3) is 76.5 Å². The highest BCUT2D eigenvalue weighted by atomic mass is 15.2. The largest absolute Gasteiger partial charge is 0.344 e. The molecule has 12 rings (SSSR count). The van der Waals surface area contributed by atoms with E-state index >= 15 is 0 Å². The van der Waals surface area contributed by atoms with E-state index in [1.165, 1.54) is 65.4 Å². The monoisotopic (exact) mass is 715 g/mol. The van der Waals surface area contributed by atoms with E-state index in [0.29, 0.717) is 5.84 Å². The van der Waals surface area contributed by atoms with Crippen molar-refractivity contribution in [3.05, 3.63) is 205 Å². The van der Waals surface area contributed by atoms with Gasteiger partial charge in [0.1, 0.15) is 12.0 Å². The van der Waals surface area contributed by atoms with Crippen LogP contribution in [-0.2, 0) is 0 Å². The van der Waals surface area contributed by atoms with E-state index < -0.39 is 0 Å². The molecule has 0 saturated carbocycles. The molecule has 11 aromatic rings. The van der Waals surface area contributed by atoms with Crippen LogP contribution in [0.3, 0.4) is 0 Å². The Hall–Kier alpha value is -7.50. The Morgan fingerprint density at radius 2 is 0.875 bits per heavy atom. The Morgan fingerprint density at radius 1 is 0.375 bits per heavy atom. The van der Waals surface area contributed by atoms with Gasteiger partial charge in [-0.1, -0.05) is 152 Å². The van der Waals surface area contributed by atoms with Crippen LogP contribution in [0.4, 0.5) is 0 Å². The fourth-order valence-corrected chi connectivity index (χ4v) is 8.99. The molecule has 1 aliphatic heterocycles. The number of aromatic nitrogens is 2. The van der Waals surface area contributed by atoms with Gasteiger partial charge < -0.3 is 14.1 Å². The Kier molecular flexibility index (Phi) is 6.63. The first-order valence-corrected chi connectivity index (χ1v) is 19.1. The van der Waals surface area contributed by atoms with Crippen LogP contribution in [0.15, 0.2) is 198 Å². The van der Waals surface area contributed by atoms with E-state index in [-0.39, 0.29) is 6.17 Å². The first kappa shape index (κ1) is 30.9. The van der Waals surface area contributed by atoms with Crippen molar-refractivity contribution in [3.63, 3.8) is 0 Å². The quantitative estimate of drug-likeness (QED) is 0.194. The maximum atomic E-state index is 5.11. The third kappa shape index (κ3) is 4.55. The van der Waals surface area contributed by atoms with Crippen LogP contribution < -0.4 is 5.32 Å². The molecule has 0 amide bonds. The molecule has 0 bridgehead atoms. The van der Waals surface area contributed by atoms with Crippen molar-refractivity contribution in [2.45, 2.75) is 6.17 Å². The minimum atomic E-state index is -0.261. The van der Waals surface area contributed by atoms with Crippen LogP contribution in [0.1, 0.15) is 22.9 Å². The molecule has 0 fully saturated rings. The van der Waals surface area contributed by atoms with Gasteiger partial charge in [0.2, 0.25) is 0 Å². The predicted molar refractivity (Wildman–Crippen MR) is 233 cm³/mol. The van der Waals surface area contributed by atoms with Crippen molar-refractivity contribution >= 4 is 77.1 Å². The zero-order chi connectivity index (χ0) is 36.7. The number of fused-ring (bicyclic) bond motifs is 11. The summed E-state index contributed by atoms with van der Waals surface area (Å²) in [6, 6.07) is 67.5. The van der Waals surface area contributed by atoms with E-state index in [1.54, 1.807) is 0 Å². The smallest absolute Gasteiger partial charge is 0.159 e. The van der Waals surface area contributed by atoms with E-state index in [0.717, 1.165) is 33.7 Å². The number of nitrogens with zero attached hydrogens (tertiary/aromatic N) is 4. The van der Waals surface area contributed by atoms with Crippen LogP contribution >= 0.6 is 0 Å². The molecule has 0 saturated heterocycles. The van der Waals surface area contributed by atoms with Gasteiger partial charge in [-0.15, -0.1) is 0 Å². The van der Waals surface area contributed by atoms with Gasteiger partial charge in [-0.2, -0.15) is 0 Å². The first-order chi connectivity index (χ1) is 27.8. The van der Waals surface area contributed by atoms with Crippen molar-refractivity contribution in [2.75, 3.05) is 0 Å². The highest BCUT2D eigenvalue weighted by Crippen LogP contribution is 2.42. The summed E-state index contributed by atoms with van der Waals surface area (Å²) in [6.45, 7) is 0. The second kappa shape index (κ2) is 12.0. The van der Waals surface area contributed by atoms with Gasteiger partial charge in [-0.25, -0.2) is 9.98 Å². The molecular formula is C51H33N5. The van der Waals surface area contributed by atoms with Crippen molar-refractivity contribution in [3.8, 4) is 11.1 Å². The number of hydrogen-bond donors (Lipinski definition) is 1. The lowest BCUT2D eigenvalue weighted by molar-refractivity contribution is 0.674. The third-order valence-corrected chi connectivity index (χ3v) is 11.5. The van der Waals surface area contributed by atoms with E-state index in [9.17, 15) is 0 Å². The van der Waals surface area contributed by atoms with E-state index in [4.69, 9.17) is 9.98 Å². The highest BCUT2D eigenvalue weighted by Gasteiger charge is 2.23. The lowest BCUT2D eigenvalue weighted by atomic mass is 9.99. The molecule has 0 aliphatic carbocycles. The van der Waals surface area contributed by atoms with Gasteiger partial charge >= 0.3 is 0 Å². The van der Waals surface area contributed by atoms with Crippen LogP contribution in [-0.4, -0.2) is 20.5 Å². The average molecular weight is 716 g/mol. The fourth-order valence-electron chi connectivity index (χ4n) is 8.99. The molecule has 5 nitrogen and oxygen atoms in total. The molecule has 4 heterocycles. The number of hydrogen-bond acceptors (Lipinski definition) is 3. The highest BCUT2D eigenvalue weighted by molar-refractivity contribution is 6.25. The predicted octanol–water partition coefficient (Wildman–Crippen LogP) is 12.1. The number of rotatable bonds is 4. The molecule has 8 aromatic carbocycles. The number of nitrogens with one attached hydrogen (secondary N) is 1. The second-order valence-corrected chi connectivity index (χ2v) is 14.6. The summed E-state index contributed by atoms with van der Waals surface area (Å²) < 4.78 is 5.00. The molecule has 56 heavy (non-hydrogen) atoms. The molecular weight excluding hydrogens is 683 g/mol. The Bertz CT molecular complexity index is 3440. The van der Waals surface area contributed by atoms with Gasteiger partial charge in [-0.05, 0) is 53.1 Å². The summed E-state index contributed by atoms with van der Waals surface area (Å²) in [5.41, 5.74) is 12.6. The lowest BCUT2D eigenvalue weighted by Crippen LogP contribution is -2.33. The van der Waals surface area contributed by atoms with E-state index in [1.807, 2.05) is 24.3 Å². The van der Waals surface area contributed by atoms with Gasteiger partial charge in [0.15, 0.2) is 5.84 Å². The van der Waals surface area contributed by atoms with Gasteiger partial charge in [0.25, 0.3) is 0 Å². The number of aliphatic imine (C=N–C) groups is 2. The van der Waals surface area contributed by atoms with Gasteiger partial charge in [0, 0.05) is 43.4 Å². The summed E-state index contributed by atoms with van der Waals surface area (Å²) in [6.07, 6.45) is -0.261. The molecule has 3 aromatic heterocycles. The summed E-state index contributed by atoms with van der Waals surface area (Å²) in [7, 11) is 0. The lowest BCUT2D eigenvalue weighted by Gasteiger charge is -2.24. The summed E-state index contributed by atoms with van der Waals surface area (Å²) in [5.74, 6) is 1.51. The topological polar surface area (TPSA) is 45.6 Å². The molecule has 262 valence electrons. The minimum Gasteiger partial charge on any atom is -0.344 e. The summed E-state index contributed by atoms with van der Waals surface area (Å²) >= 11 is 0. The SMILES string of the molecule is c1ccc(C2=NC(c3ccccc3)NC(c3cccc(-c4ccc5c(c4)c4ccccc4n4c6ccccc6c6ccc7c8ccccc8n5c7c64)c3)=N2)cc1. The molecule has 5 heteroatoms. The number of benzene rings is 8. The number of amidine groups is 2. The Balaban J connectivity index is 1.12. The second-order valence-electron chi connectivity index (χ2n) is 14.6. The van der Waals surface area contributed by atoms with Crippen LogP contribution in [0.2, 0.25) is 0 Å². The van der Waals surface area contributed by atoms with Crippen molar-refractivity contribution in [1.82, 2.24) is 14.1 Å². The normalized spacial score (nSPS) is 14.6. The van der Waals surface area contributed by atoms with Gasteiger partial charge in [-0.3, -0.25) is 0 Å². The minimum absolute atomic E-state index is 0.261. The molecule has 1 aliphatic rings. The van der Waals surface area contributed by atoms with Crippen LogP contribution in [0.5, 0.6) is 0 Å². The van der Waals surface area contributed by atoms with E-state index in [2.05, 4.69) is 178 Å². The van der Waals surface area contributed by atoms with Crippen molar-refractivity contribution < 1.29 is 0 Å². The molecule has 1 N–H and O–H groups in total. The molecule has 0 radical (unpaired) electrons. The average Bonchev–Trinajstić information content (AvgIpc) is 3.79. The summed E-state index contributed by atoms with van der Waals surface area (Å²) in [4.78, 5) is 10.2. The standard InChI is InChI=1S/C51H33N5/c1-3-14-32(15-4-1)49-52-50(33-16-5-2-6-17-33)54-51(53-49)36-19-13-18-34(30-36)35-26-29-46-42(31-35)39-22-9-12-25-45(39)55-43-23-10-7-20-37(43)40-27-28-41-38-21-8-11-24-44(38)56(46)48(41)47(40)55/h1-31,49H,(H,52,53,54). The summed E-state index contributed by atoms with van der Waals surface area (Å²) in [5, 5.41) is 11.1. The maximum Gasteiger partial charge on any atom is 0.159 e. The molecule has 1 atom stereocenters. The third-order valence-electron chi connectivity index (χ3n) is 11.5. The molecule has 1 unspecified atom stereocenters. The zero-order valence-electron chi connectivity index (χ0n) is 30.3. The molecule has 0 spiro atoms. The van der Waals surface area contributed by atoms with Crippen LogP contribution in [0, 0.1) is 0 Å². The first-order valence-electron chi connectivity index (χ1n) is 19.1. The Morgan fingerprint density at radius 3 is 1.52 bits per heavy atom. The van der Waals surface area contributed by atoms with Gasteiger partial charge in [0.05, 0.1) is 33.1 Å². The maximum absolute atomic E-state index is 5.11.